The maximum Gasteiger partial charge on any atom is 0.343 e. The molecule has 2 rings (SSSR count). The summed E-state index contributed by atoms with van der Waals surface area (Å²) in [6.45, 7) is 2.06. The number of hydrogen-bond donors (Lipinski definition) is 2. The molecule has 0 amide bonds. The molecule has 0 bridgehead atoms. The Labute approximate surface area is 121 Å². The number of aromatic nitrogens is 4. The second-order valence-electron chi connectivity index (χ2n) is 3.77. The lowest BCUT2D eigenvalue weighted by Gasteiger charge is -2.04. The first-order chi connectivity index (χ1) is 9.93. The number of pyridine rings is 1. The van der Waals surface area contributed by atoms with Crippen LogP contribution in [0.4, 0.5) is 5.69 Å². The number of aromatic carboxylic acids is 1. The summed E-state index contributed by atoms with van der Waals surface area (Å²) in [5, 5.41) is 26.0. The zero-order valence-electron chi connectivity index (χ0n) is 10.6. The molecule has 110 valence electrons. The summed E-state index contributed by atoms with van der Waals surface area (Å²) in [4.78, 5) is 36.3. The van der Waals surface area contributed by atoms with Gasteiger partial charge in [0.05, 0.1) is 10.5 Å². The van der Waals surface area contributed by atoms with Crippen LogP contribution < -0.4 is 5.69 Å². The summed E-state index contributed by atoms with van der Waals surface area (Å²) in [5.74, 6) is -1.35. The predicted molar refractivity (Wildman–Crippen MR) is 70.5 cm³/mol. The molecule has 21 heavy (non-hydrogen) atoms. The predicted octanol–water partition coefficient (Wildman–Crippen LogP) is 0.744. The van der Waals surface area contributed by atoms with Crippen molar-refractivity contribution in [2.24, 2.45) is 0 Å². The van der Waals surface area contributed by atoms with E-state index < -0.39 is 22.3 Å². The summed E-state index contributed by atoms with van der Waals surface area (Å²) < 4.78 is 1.29. The number of nitro groups is 1. The van der Waals surface area contributed by atoms with E-state index in [4.69, 9.17) is 5.11 Å². The molecular weight excluding hydrogens is 302 g/mol. The summed E-state index contributed by atoms with van der Waals surface area (Å²) in [5.41, 5.74) is -1.18. The lowest BCUT2D eigenvalue weighted by atomic mass is 10.3. The minimum absolute atomic E-state index is 0.0156. The van der Waals surface area contributed by atoms with Crippen molar-refractivity contribution in [1.29, 1.82) is 0 Å². The molecule has 0 aliphatic carbocycles. The SMILES string of the molecule is CCn1c(Sc2ncc([N+](=O)[O-])cc2C(=O)O)n[nH]c1=O. The normalized spacial score (nSPS) is 10.5. The van der Waals surface area contributed by atoms with Crippen molar-refractivity contribution in [2.75, 3.05) is 0 Å². The minimum Gasteiger partial charge on any atom is -0.478 e. The van der Waals surface area contributed by atoms with Crippen molar-refractivity contribution >= 4 is 23.4 Å². The molecule has 0 saturated carbocycles. The number of aromatic amines is 1. The van der Waals surface area contributed by atoms with Crippen LogP contribution in [-0.2, 0) is 6.54 Å². The molecule has 2 N–H and O–H groups in total. The van der Waals surface area contributed by atoms with Gasteiger partial charge in [0.1, 0.15) is 11.2 Å². The van der Waals surface area contributed by atoms with Gasteiger partial charge in [0.15, 0.2) is 5.16 Å². The van der Waals surface area contributed by atoms with Gasteiger partial charge in [-0.2, -0.15) is 0 Å². The zero-order valence-corrected chi connectivity index (χ0v) is 11.5. The Balaban J connectivity index is 2.46. The smallest absolute Gasteiger partial charge is 0.343 e. The fourth-order valence-corrected chi connectivity index (χ4v) is 2.47. The second-order valence-corrected chi connectivity index (χ2v) is 4.72. The van der Waals surface area contributed by atoms with Gasteiger partial charge in [-0.05, 0) is 18.7 Å². The van der Waals surface area contributed by atoms with Gasteiger partial charge in [0.25, 0.3) is 5.69 Å². The summed E-state index contributed by atoms with van der Waals surface area (Å²) in [6.07, 6.45) is 0.954. The summed E-state index contributed by atoms with van der Waals surface area (Å²) >= 11 is 0.841. The Morgan fingerprint density at radius 1 is 1.62 bits per heavy atom. The molecular formula is C10H9N5O5S. The van der Waals surface area contributed by atoms with Gasteiger partial charge in [-0.15, -0.1) is 5.10 Å². The van der Waals surface area contributed by atoms with E-state index in [1.807, 2.05) is 0 Å². The van der Waals surface area contributed by atoms with Gasteiger partial charge in [-0.25, -0.2) is 19.7 Å². The number of carbonyl (C=O) groups is 1. The third-order valence-corrected chi connectivity index (χ3v) is 3.52. The van der Waals surface area contributed by atoms with Crippen molar-refractivity contribution < 1.29 is 14.8 Å². The van der Waals surface area contributed by atoms with E-state index in [-0.39, 0.29) is 15.7 Å². The van der Waals surface area contributed by atoms with Crippen LogP contribution in [0.3, 0.4) is 0 Å². The van der Waals surface area contributed by atoms with Crippen molar-refractivity contribution in [2.45, 2.75) is 23.7 Å². The molecule has 0 aliphatic heterocycles. The molecule has 0 spiro atoms. The fraction of sp³-hybridized carbons (Fsp3) is 0.200. The third-order valence-electron chi connectivity index (χ3n) is 2.51. The van der Waals surface area contributed by atoms with Gasteiger partial charge in [0, 0.05) is 12.6 Å². The molecule has 0 aromatic carbocycles. The number of carboxylic acids is 1. The summed E-state index contributed by atoms with van der Waals surface area (Å²) in [6, 6.07) is 0.915. The Kier molecular flexibility index (Phi) is 4.03. The average molecular weight is 311 g/mol. The van der Waals surface area contributed by atoms with Crippen LogP contribution in [0.25, 0.3) is 0 Å². The van der Waals surface area contributed by atoms with Crippen molar-refractivity contribution in [3.05, 3.63) is 38.4 Å². The lowest BCUT2D eigenvalue weighted by molar-refractivity contribution is -0.385. The van der Waals surface area contributed by atoms with Crippen molar-refractivity contribution in [3.63, 3.8) is 0 Å². The molecule has 0 atom stereocenters. The molecule has 2 aromatic rings. The number of nitrogens with zero attached hydrogens (tertiary/aromatic N) is 4. The number of nitrogens with one attached hydrogen (secondary N) is 1. The van der Waals surface area contributed by atoms with E-state index in [0.29, 0.717) is 6.54 Å². The quantitative estimate of drug-likeness (QED) is 0.607. The van der Waals surface area contributed by atoms with Gasteiger partial charge in [-0.3, -0.25) is 14.7 Å². The monoisotopic (exact) mass is 311 g/mol. The first kappa shape index (κ1) is 14.7. The standard InChI is InChI=1S/C10H9N5O5S/c1-2-14-9(18)12-13-10(14)21-7-6(8(16)17)3-5(4-11-7)15(19)20/h3-4H,2H2,1H3,(H,12,18)(H,16,17). The van der Waals surface area contributed by atoms with Crippen LogP contribution in [0.2, 0.25) is 0 Å². The number of H-pyrrole nitrogens is 1. The second kappa shape index (κ2) is 5.75. The van der Waals surface area contributed by atoms with Crippen LogP contribution in [0.15, 0.2) is 27.2 Å². The Hall–Kier alpha value is -2.69. The van der Waals surface area contributed by atoms with Gasteiger partial charge >= 0.3 is 11.7 Å². The topological polar surface area (TPSA) is 144 Å². The first-order valence-electron chi connectivity index (χ1n) is 5.64. The maximum absolute atomic E-state index is 11.4. The van der Waals surface area contributed by atoms with E-state index in [1.54, 1.807) is 6.92 Å². The van der Waals surface area contributed by atoms with Crippen LogP contribution in [0.5, 0.6) is 0 Å². The van der Waals surface area contributed by atoms with Crippen molar-refractivity contribution in [1.82, 2.24) is 19.7 Å². The highest BCUT2D eigenvalue weighted by Gasteiger charge is 2.20. The van der Waals surface area contributed by atoms with Crippen LogP contribution in [-0.4, -0.2) is 35.7 Å². The number of hydrogen-bond acceptors (Lipinski definition) is 7. The van der Waals surface area contributed by atoms with Gasteiger partial charge in [-0.1, -0.05) is 0 Å². The molecule has 11 heteroatoms. The van der Waals surface area contributed by atoms with Crippen molar-refractivity contribution in [3.8, 4) is 0 Å². The first-order valence-corrected chi connectivity index (χ1v) is 6.46. The molecule has 2 heterocycles. The highest BCUT2D eigenvalue weighted by atomic mass is 32.2. The largest absolute Gasteiger partial charge is 0.478 e. The van der Waals surface area contributed by atoms with Crippen LogP contribution in [0, 0.1) is 10.1 Å². The Morgan fingerprint density at radius 3 is 2.90 bits per heavy atom. The van der Waals surface area contributed by atoms with E-state index in [0.717, 1.165) is 24.0 Å². The molecule has 0 fully saturated rings. The van der Waals surface area contributed by atoms with Crippen LogP contribution in [0.1, 0.15) is 17.3 Å². The number of rotatable bonds is 5. The van der Waals surface area contributed by atoms with E-state index >= 15 is 0 Å². The average Bonchev–Trinajstić information content (AvgIpc) is 2.78. The molecule has 0 saturated heterocycles. The number of carboxylic acid groups (broad SMARTS) is 1. The molecule has 0 aliphatic rings. The molecule has 0 radical (unpaired) electrons. The van der Waals surface area contributed by atoms with Crippen LogP contribution >= 0.6 is 11.8 Å². The lowest BCUT2D eigenvalue weighted by Crippen LogP contribution is -2.16. The minimum atomic E-state index is -1.35. The zero-order chi connectivity index (χ0) is 15.6. The van der Waals surface area contributed by atoms with Gasteiger partial charge in [0.2, 0.25) is 0 Å². The summed E-state index contributed by atoms with van der Waals surface area (Å²) in [7, 11) is 0. The highest BCUT2D eigenvalue weighted by molar-refractivity contribution is 7.99. The Bertz CT molecular complexity index is 767. The Morgan fingerprint density at radius 2 is 2.33 bits per heavy atom. The van der Waals surface area contributed by atoms with E-state index in [1.165, 1.54) is 4.57 Å². The fourth-order valence-electron chi connectivity index (χ4n) is 1.52. The third kappa shape index (κ3) is 2.91. The highest BCUT2D eigenvalue weighted by Crippen LogP contribution is 2.28. The van der Waals surface area contributed by atoms with E-state index in [9.17, 15) is 19.7 Å². The van der Waals surface area contributed by atoms with E-state index in [2.05, 4.69) is 15.2 Å². The molecule has 10 nitrogen and oxygen atoms in total. The molecule has 2 aromatic heterocycles. The maximum atomic E-state index is 11.4. The van der Waals surface area contributed by atoms with Gasteiger partial charge < -0.3 is 5.11 Å². The molecule has 0 unspecified atom stereocenters.